The van der Waals surface area contributed by atoms with Gasteiger partial charge in [0.2, 0.25) is 0 Å². The standard InChI is InChI=1S/C4H8O2.C3H2N2/c1-3(5)4(2)6;4-2-1-3-5/h3,5H,1-2H3;1H2. The van der Waals surface area contributed by atoms with Gasteiger partial charge in [0.25, 0.3) is 0 Å². The lowest BCUT2D eigenvalue weighted by atomic mass is 10.3. The maximum Gasteiger partial charge on any atom is 0.157 e. The molecule has 0 saturated heterocycles. The van der Waals surface area contributed by atoms with Crippen molar-refractivity contribution in [1.82, 2.24) is 0 Å². The fourth-order valence-corrected chi connectivity index (χ4v) is 0.0354. The van der Waals surface area contributed by atoms with Crippen LogP contribution in [-0.4, -0.2) is 17.0 Å². The van der Waals surface area contributed by atoms with Crippen LogP contribution in [0.15, 0.2) is 0 Å². The Morgan fingerprint density at radius 1 is 1.55 bits per heavy atom. The monoisotopic (exact) mass is 154 g/mol. The van der Waals surface area contributed by atoms with Crippen molar-refractivity contribution < 1.29 is 9.90 Å². The van der Waals surface area contributed by atoms with Crippen LogP contribution in [0.4, 0.5) is 0 Å². The lowest BCUT2D eigenvalue weighted by molar-refractivity contribution is -0.124. The Kier molecular flexibility index (Phi) is 9.63. The van der Waals surface area contributed by atoms with Gasteiger partial charge in [0, 0.05) is 0 Å². The zero-order valence-electron chi connectivity index (χ0n) is 6.53. The molecule has 0 fully saturated rings. The number of rotatable bonds is 1. The van der Waals surface area contributed by atoms with Crippen molar-refractivity contribution in [2.45, 2.75) is 26.4 Å². The van der Waals surface area contributed by atoms with Crippen molar-refractivity contribution in [3.8, 4) is 12.1 Å². The molecule has 60 valence electrons. The summed E-state index contributed by atoms with van der Waals surface area (Å²) in [7, 11) is 0. The topological polar surface area (TPSA) is 84.9 Å². The third-order valence-electron chi connectivity index (χ3n) is 0.746. The van der Waals surface area contributed by atoms with E-state index in [1.807, 2.05) is 0 Å². The van der Waals surface area contributed by atoms with Crippen LogP contribution < -0.4 is 0 Å². The van der Waals surface area contributed by atoms with E-state index in [4.69, 9.17) is 15.6 Å². The maximum absolute atomic E-state index is 9.89. The highest BCUT2D eigenvalue weighted by atomic mass is 16.3. The van der Waals surface area contributed by atoms with Gasteiger partial charge < -0.3 is 5.11 Å². The maximum atomic E-state index is 9.89. The zero-order chi connectivity index (χ0) is 9.28. The van der Waals surface area contributed by atoms with Crippen LogP contribution in [0.3, 0.4) is 0 Å². The Hall–Kier alpha value is -1.39. The Morgan fingerprint density at radius 3 is 1.82 bits per heavy atom. The van der Waals surface area contributed by atoms with E-state index in [0.29, 0.717) is 0 Å². The Bertz CT molecular complexity index is 174. The van der Waals surface area contributed by atoms with E-state index in [0.717, 1.165) is 0 Å². The van der Waals surface area contributed by atoms with Gasteiger partial charge in [-0.05, 0) is 13.8 Å². The molecule has 0 aliphatic heterocycles. The van der Waals surface area contributed by atoms with Crippen LogP contribution in [0, 0.1) is 22.7 Å². The number of Topliss-reactive ketones (excluding diaryl/α,β-unsaturated/α-hetero) is 1. The van der Waals surface area contributed by atoms with Crippen molar-refractivity contribution in [2.24, 2.45) is 0 Å². The molecule has 1 atom stereocenters. The van der Waals surface area contributed by atoms with Crippen LogP contribution in [0.25, 0.3) is 0 Å². The number of nitrogens with zero attached hydrogens (tertiary/aromatic N) is 2. The lowest BCUT2D eigenvalue weighted by Gasteiger charge is -1.90. The average Bonchev–Trinajstić information content (AvgIpc) is 1.90. The second-order valence-corrected chi connectivity index (χ2v) is 1.78. The van der Waals surface area contributed by atoms with E-state index in [2.05, 4.69) is 0 Å². The first-order valence-corrected chi connectivity index (χ1v) is 2.98. The van der Waals surface area contributed by atoms with Gasteiger partial charge in [0.05, 0.1) is 12.1 Å². The highest BCUT2D eigenvalue weighted by molar-refractivity contribution is 5.79. The normalized spacial score (nSPS) is 9.55. The van der Waals surface area contributed by atoms with Gasteiger partial charge in [-0.1, -0.05) is 0 Å². The molecule has 0 spiro atoms. The van der Waals surface area contributed by atoms with Gasteiger partial charge in [-0.2, -0.15) is 10.5 Å². The van der Waals surface area contributed by atoms with Crippen molar-refractivity contribution in [3.05, 3.63) is 0 Å². The summed E-state index contributed by atoms with van der Waals surface area (Å²) >= 11 is 0. The summed E-state index contributed by atoms with van der Waals surface area (Å²) in [5, 5.41) is 23.5. The number of aliphatic hydroxyl groups excluding tert-OH is 1. The summed E-state index contributed by atoms with van der Waals surface area (Å²) in [4.78, 5) is 9.89. The summed E-state index contributed by atoms with van der Waals surface area (Å²) in [6.07, 6.45) is -0.787. The van der Waals surface area contributed by atoms with Crippen molar-refractivity contribution >= 4 is 5.78 Å². The fourth-order valence-electron chi connectivity index (χ4n) is 0.0354. The number of carbonyl (C=O) groups is 1. The highest BCUT2D eigenvalue weighted by Gasteiger charge is 1.97. The first-order valence-electron chi connectivity index (χ1n) is 2.98. The van der Waals surface area contributed by atoms with E-state index < -0.39 is 6.10 Å². The lowest BCUT2D eigenvalue weighted by Crippen LogP contribution is -2.10. The predicted octanol–water partition coefficient (Wildman–Crippen LogP) is 0.380. The molecule has 0 aromatic rings. The molecular formula is C7H10N2O2. The van der Waals surface area contributed by atoms with E-state index >= 15 is 0 Å². The summed E-state index contributed by atoms with van der Waals surface area (Å²) in [6.45, 7) is 2.80. The van der Waals surface area contributed by atoms with Crippen LogP contribution in [-0.2, 0) is 4.79 Å². The Balaban J connectivity index is 0. The molecule has 0 aromatic heterocycles. The van der Waals surface area contributed by atoms with Gasteiger partial charge >= 0.3 is 0 Å². The van der Waals surface area contributed by atoms with E-state index in [9.17, 15) is 4.79 Å². The number of carbonyl (C=O) groups excluding carboxylic acids is 1. The molecule has 4 nitrogen and oxygen atoms in total. The Morgan fingerprint density at radius 2 is 1.82 bits per heavy atom. The largest absolute Gasteiger partial charge is 0.386 e. The first-order chi connectivity index (χ1) is 5.06. The summed E-state index contributed by atoms with van der Waals surface area (Å²) < 4.78 is 0. The van der Waals surface area contributed by atoms with E-state index in [-0.39, 0.29) is 12.2 Å². The summed E-state index contributed by atoms with van der Waals surface area (Å²) in [5.41, 5.74) is 0. The third-order valence-corrected chi connectivity index (χ3v) is 0.746. The van der Waals surface area contributed by atoms with E-state index in [1.54, 1.807) is 12.1 Å². The summed E-state index contributed by atoms with van der Waals surface area (Å²) in [6, 6.07) is 3.31. The second-order valence-electron chi connectivity index (χ2n) is 1.78. The quantitative estimate of drug-likeness (QED) is 0.591. The molecule has 0 heterocycles. The predicted molar refractivity (Wildman–Crippen MR) is 38.2 cm³/mol. The number of hydrogen-bond donors (Lipinski definition) is 1. The van der Waals surface area contributed by atoms with Crippen LogP contribution >= 0.6 is 0 Å². The third kappa shape index (κ3) is 17.7. The van der Waals surface area contributed by atoms with Crippen molar-refractivity contribution in [3.63, 3.8) is 0 Å². The molecule has 0 aromatic carbocycles. The average molecular weight is 154 g/mol. The summed E-state index contributed by atoms with van der Waals surface area (Å²) in [5.74, 6) is -0.185. The van der Waals surface area contributed by atoms with Gasteiger partial charge in [-0.15, -0.1) is 0 Å². The zero-order valence-corrected chi connectivity index (χ0v) is 6.53. The molecule has 0 aliphatic carbocycles. The molecular weight excluding hydrogens is 144 g/mol. The number of ketones is 1. The van der Waals surface area contributed by atoms with E-state index in [1.165, 1.54) is 13.8 Å². The van der Waals surface area contributed by atoms with Crippen LogP contribution in [0.5, 0.6) is 0 Å². The minimum Gasteiger partial charge on any atom is -0.386 e. The van der Waals surface area contributed by atoms with Gasteiger partial charge in [0.1, 0.15) is 12.5 Å². The Labute approximate surface area is 65.7 Å². The highest BCUT2D eigenvalue weighted by Crippen LogP contribution is 1.76. The molecule has 11 heavy (non-hydrogen) atoms. The first kappa shape index (κ1) is 12.3. The molecule has 0 radical (unpaired) electrons. The number of hydrogen-bond acceptors (Lipinski definition) is 4. The molecule has 0 saturated carbocycles. The molecule has 0 amide bonds. The van der Waals surface area contributed by atoms with Gasteiger partial charge in [-0.3, -0.25) is 4.79 Å². The minimum absolute atomic E-state index is 0. The minimum atomic E-state index is -0.787. The van der Waals surface area contributed by atoms with Crippen molar-refractivity contribution in [2.75, 3.05) is 0 Å². The molecule has 0 aliphatic rings. The fraction of sp³-hybridized carbons (Fsp3) is 0.571. The van der Waals surface area contributed by atoms with Gasteiger partial charge in [-0.25, -0.2) is 0 Å². The molecule has 1 N–H and O–H groups in total. The number of nitriles is 2. The SMILES string of the molecule is CC(=O)C(C)O.N#CCC#N. The number of aliphatic hydroxyl groups is 1. The molecule has 0 bridgehead atoms. The van der Waals surface area contributed by atoms with Gasteiger partial charge in [0.15, 0.2) is 5.78 Å². The molecule has 4 heteroatoms. The smallest absolute Gasteiger partial charge is 0.157 e. The van der Waals surface area contributed by atoms with Crippen LogP contribution in [0.1, 0.15) is 20.3 Å². The molecule has 1 unspecified atom stereocenters. The van der Waals surface area contributed by atoms with Crippen LogP contribution in [0.2, 0.25) is 0 Å². The van der Waals surface area contributed by atoms with Crippen molar-refractivity contribution in [1.29, 1.82) is 10.5 Å². The molecule has 0 rings (SSSR count). The second kappa shape index (κ2) is 8.61.